The molecule has 1 aliphatic heterocycles. The monoisotopic (exact) mass is 486 g/mol. The van der Waals surface area contributed by atoms with E-state index in [9.17, 15) is 20.0 Å². The summed E-state index contributed by atoms with van der Waals surface area (Å²) in [5.41, 5.74) is 7.64. The van der Waals surface area contributed by atoms with E-state index in [2.05, 4.69) is 10.2 Å². The molecule has 0 aliphatic carbocycles. The molecule has 0 saturated carbocycles. The third-order valence-corrected chi connectivity index (χ3v) is 6.33. The molecule has 1 atom stereocenters. The molecule has 10 nitrogen and oxygen atoms in total. The number of carboxylic acid groups (broad SMARTS) is 1. The van der Waals surface area contributed by atoms with E-state index in [1.165, 1.54) is 23.9 Å². The molecule has 33 heavy (non-hydrogen) atoms. The molecule has 170 valence electrons. The summed E-state index contributed by atoms with van der Waals surface area (Å²) in [4.78, 5) is 27.2. The van der Waals surface area contributed by atoms with Gasteiger partial charge in [0.2, 0.25) is 0 Å². The second-order valence-electron chi connectivity index (χ2n) is 7.18. The van der Waals surface area contributed by atoms with Crippen LogP contribution in [-0.4, -0.2) is 48.8 Å². The van der Waals surface area contributed by atoms with Gasteiger partial charge in [-0.25, -0.2) is 0 Å². The van der Waals surface area contributed by atoms with Crippen LogP contribution in [0.5, 0.6) is 0 Å². The minimum atomic E-state index is -0.967. The van der Waals surface area contributed by atoms with Crippen LogP contribution in [0, 0.1) is 10.1 Å². The van der Waals surface area contributed by atoms with Gasteiger partial charge in [0.25, 0.3) is 5.69 Å². The molecule has 1 aliphatic rings. The van der Waals surface area contributed by atoms with Crippen molar-refractivity contribution in [2.75, 3.05) is 12.3 Å². The lowest BCUT2D eigenvalue weighted by Gasteiger charge is -2.13. The molecule has 2 heterocycles. The lowest BCUT2D eigenvalue weighted by atomic mass is 9.99. The van der Waals surface area contributed by atoms with Crippen LogP contribution in [0.4, 0.5) is 5.69 Å². The predicted molar refractivity (Wildman–Crippen MR) is 124 cm³/mol. The molecule has 4 rings (SSSR count). The fraction of sp³-hybridized carbons (Fsp3) is 0.238. The molecule has 0 bridgehead atoms. The second kappa shape index (κ2) is 9.69. The van der Waals surface area contributed by atoms with Crippen LogP contribution in [0.2, 0.25) is 5.02 Å². The van der Waals surface area contributed by atoms with Crippen molar-refractivity contribution in [2.24, 2.45) is 10.7 Å². The average Bonchev–Trinajstić information content (AvgIpc) is 3.15. The lowest BCUT2D eigenvalue weighted by Crippen LogP contribution is -2.10. The average molecular weight is 487 g/mol. The van der Waals surface area contributed by atoms with Gasteiger partial charge in [-0.1, -0.05) is 41.6 Å². The summed E-state index contributed by atoms with van der Waals surface area (Å²) in [6.45, 7) is 0.420. The van der Waals surface area contributed by atoms with E-state index >= 15 is 0 Å². The van der Waals surface area contributed by atoms with Crippen LogP contribution in [-0.2, 0) is 4.79 Å². The Morgan fingerprint density at radius 1 is 1.24 bits per heavy atom. The second-order valence-corrected chi connectivity index (χ2v) is 8.65. The van der Waals surface area contributed by atoms with Gasteiger partial charge in [0.15, 0.2) is 11.0 Å². The molecule has 1 aromatic heterocycles. The molecule has 0 fully saturated rings. The van der Waals surface area contributed by atoms with Crippen molar-refractivity contribution in [3.63, 3.8) is 0 Å². The smallest absolute Gasteiger partial charge is 0.303 e. The minimum absolute atomic E-state index is 0.108. The van der Waals surface area contributed by atoms with Gasteiger partial charge in [0.1, 0.15) is 6.04 Å². The van der Waals surface area contributed by atoms with Crippen molar-refractivity contribution in [3.8, 4) is 5.69 Å². The Morgan fingerprint density at radius 3 is 2.73 bits per heavy atom. The molecule has 0 radical (unpaired) electrons. The molecule has 0 spiro atoms. The van der Waals surface area contributed by atoms with Gasteiger partial charge in [-0.3, -0.25) is 24.5 Å². The molecule has 3 aromatic rings. The van der Waals surface area contributed by atoms with Crippen molar-refractivity contribution in [2.45, 2.75) is 24.0 Å². The lowest BCUT2D eigenvalue weighted by molar-refractivity contribution is -0.384. The van der Waals surface area contributed by atoms with Crippen LogP contribution in [0.3, 0.4) is 0 Å². The maximum Gasteiger partial charge on any atom is 0.303 e. The highest BCUT2D eigenvalue weighted by Gasteiger charge is 2.31. The van der Waals surface area contributed by atoms with Gasteiger partial charge in [-0.15, -0.1) is 10.2 Å². The van der Waals surface area contributed by atoms with Gasteiger partial charge in [-0.05, 0) is 18.6 Å². The van der Waals surface area contributed by atoms with Crippen molar-refractivity contribution in [1.82, 2.24) is 14.8 Å². The number of rotatable bonds is 8. The zero-order valence-corrected chi connectivity index (χ0v) is 18.8. The molecule has 0 unspecified atom stereocenters. The van der Waals surface area contributed by atoms with E-state index < -0.39 is 16.9 Å². The van der Waals surface area contributed by atoms with E-state index in [0.717, 1.165) is 0 Å². The Morgan fingerprint density at radius 2 is 2.03 bits per heavy atom. The largest absolute Gasteiger partial charge is 0.481 e. The first-order chi connectivity index (χ1) is 15.9. The highest BCUT2D eigenvalue weighted by Crippen LogP contribution is 2.37. The first-order valence-electron chi connectivity index (χ1n) is 10.0. The highest BCUT2D eigenvalue weighted by atomic mass is 35.5. The fourth-order valence-electron chi connectivity index (χ4n) is 3.59. The number of aliphatic carboxylic acids is 1. The quantitative estimate of drug-likeness (QED) is 0.278. The zero-order chi connectivity index (χ0) is 23.5. The minimum Gasteiger partial charge on any atom is -0.481 e. The molecular weight excluding hydrogens is 468 g/mol. The van der Waals surface area contributed by atoms with Crippen molar-refractivity contribution < 1.29 is 14.8 Å². The predicted octanol–water partition coefficient (Wildman–Crippen LogP) is 3.64. The number of carbonyl (C=O) groups is 1. The van der Waals surface area contributed by atoms with E-state index in [1.54, 1.807) is 34.9 Å². The normalized spacial score (nSPS) is 14.7. The molecular formula is C21H19ClN6O4S. The number of aromatic nitrogens is 3. The van der Waals surface area contributed by atoms with E-state index in [4.69, 9.17) is 22.3 Å². The number of benzene rings is 2. The van der Waals surface area contributed by atoms with E-state index in [1.807, 2.05) is 0 Å². The fourth-order valence-corrected chi connectivity index (χ4v) is 4.54. The third kappa shape index (κ3) is 4.61. The number of nitro groups is 1. The molecule has 0 saturated heterocycles. The van der Waals surface area contributed by atoms with Crippen molar-refractivity contribution in [3.05, 3.63) is 74.6 Å². The van der Waals surface area contributed by atoms with Gasteiger partial charge >= 0.3 is 5.97 Å². The number of aliphatic imine (C=N–C) groups is 1. The standard InChI is InChI=1S/C21H19ClN6O4S/c22-15-4-2-1-3-13(15)19-14-11-12(28(31)32)5-7-17(14)27-20(16(24-19)6-8-18(29)30)25-26-21(27)33-10-9-23/h1-5,7,11,16H,6,8-10,23H2,(H,29,30)/t16-/m0/s1. The van der Waals surface area contributed by atoms with E-state index in [-0.39, 0.29) is 18.5 Å². The number of thioether (sulfide) groups is 1. The van der Waals surface area contributed by atoms with Gasteiger partial charge < -0.3 is 10.8 Å². The Kier molecular flexibility index (Phi) is 6.72. The Labute approximate surface area is 197 Å². The summed E-state index contributed by atoms with van der Waals surface area (Å²) in [5.74, 6) is 0.0666. The van der Waals surface area contributed by atoms with Gasteiger partial charge in [-0.2, -0.15) is 0 Å². The number of carboxylic acids is 1. The number of non-ortho nitro benzene ring substituents is 1. The summed E-state index contributed by atoms with van der Waals surface area (Å²) >= 11 is 7.87. The van der Waals surface area contributed by atoms with Crippen LogP contribution < -0.4 is 5.73 Å². The Hall–Kier alpha value is -3.28. The van der Waals surface area contributed by atoms with Crippen molar-refractivity contribution >= 4 is 40.7 Å². The maximum absolute atomic E-state index is 11.6. The highest BCUT2D eigenvalue weighted by molar-refractivity contribution is 7.99. The summed E-state index contributed by atoms with van der Waals surface area (Å²) in [6.07, 6.45) is 0.0255. The van der Waals surface area contributed by atoms with Gasteiger partial charge in [0.05, 0.1) is 16.3 Å². The van der Waals surface area contributed by atoms with Crippen molar-refractivity contribution in [1.29, 1.82) is 0 Å². The number of hydrogen-bond acceptors (Lipinski definition) is 8. The first kappa shape index (κ1) is 22.9. The topological polar surface area (TPSA) is 150 Å². The van der Waals surface area contributed by atoms with Crippen LogP contribution in [0.1, 0.15) is 35.8 Å². The Bertz CT molecular complexity index is 1260. The third-order valence-electron chi connectivity index (χ3n) is 5.04. The number of nitrogens with zero attached hydrogens (tertiary/aromatic N) is 5. The zero-order valence-electron chi connectivity index (χ0n) is 17.2. The maximum atomic E-state index is 11.6. The van der Waals surface area contributed by atoms with Crippen LogP contribution in [0.15, 0.2) is 52.6 Å². The molecule has 12 heteroatoms. The van der Waals surface area contributed by atoms with Gasteiger partial charge in [0, 0.05) is 47.0 Å². The SMILES string of the molecule is NCCSc1nnc2n1-c1ccc([N+](=O)[O-])cc1C(c1ccccc1Cl)=N[C@H]2CCC(=O)O. The van der Waals surface area contributed by atoms with Crippen LogP contribution >= 0.6 is 23.4 Å². The summed E-state index contributed by atoms with van der Waals surface area (Å²) in [5, 5.41) is 30.4. The molecule has 2 aromatic carbocycles. The number of hydrogen-bond donors (Lipinski definition) is 2. The van der Waals surface area contributed by atoms with E-state index in [0.29, 0.717) is 50.8 Å². The Balaban J connectivity index is 2.00. The number of halogens is 1. The summed E-state index contributed by atoms with van der Waals surface area (Å²) < 4.78 is 1.78. The summed E-state index contributed by atoms with van der Waals surface area (Å²) in [7, 11) is 0. The first-order valence-corrected chi connectivity index (χ1v) is 11.4. The van der Waals surface area contributed by atoms with Crippen LogP contribution in [0.25, 0.3) is 5.69 Å². The number of fused-ring (bicyclic) bond motifs is 3. The number of nitrogens with two attached hydrogens (primary N) is 1. The molecule has 3 N–H and O–H groups in total. The molecule has 0 amide bonds. The number of nitro benzene ring substituents is 1. The summed E-state index contributed by atoms with van der Waals surface area (Å²) in [6, 6.07) is 10.9.